The van der Waals surface area contributed by atoms with Crippen molar-refractivity contribution >= 4 is 21.6 Å². The number of carbonyl (C=O) groups excluding carboxylic acids is 1. The molecule has 4 rings (SSSR count). The lowest BCUT2D eigenvalue weighted by Gasteiger charge is -2.36. The maximum Gasteiger partial charge on any atom is 0.251 e. The average Bonchev–Trinajstić information content (AvgIpc) is 2.86. The first kappa shape index (κ1) is 25.7. The topological polar surface area (TPSA) is 73.0 Å². The molecule has 35 heavy (non-hydrogen) atoms. The van der Waals surface area contributed by atoms with Gasteiger partial charge in [-0.3, -0.25) is 9.69 Å². The van der Waals surface area contributed by atoms with Crippen molar-refractivity contribution in [2.24, 2.45) is 5.92 Å². The largest absolute Gasteiger partial charge is 0.369 e. The molecule has 0 aromatic heterocycles. The van der Waals surface area contributed by atoms with Crippen LogP contribution in [0.1, 0.15) is 41.3 Å². The van der Waals surface area contributed by atoms with Crippen LogP contribution in [0.4, 0.5) is 5.69 Å². The summed E-state index contributed by atoms with van der Waals surface area (Å²) in [5.41, 5.74) is 3.20. The van der Waals surface area contributed by atoms with E-state index in [1.165, 1.54) is 5.69 Å². The second-order valence-corrected chi connectivity index (χ2v) is 11.8. The van der Waals surface area contributed by atoms with E-state index in [1.54, 1.807) is 16.4 Å². The zero-order chi connectivity index (χ0) is 25.0. The van der Waals surface area contributed by atoms with Gasteiger partial charge in [0.1, 0.15) is 0 Å². The van der Waals surface area contributed by atoms with Crippen LogP contribution in [-0.4, -0.2) is 75.9 Å². The first-order valence-corrected chi connectivity index (χ1v) is 14.1. The van der Waals surface area contributed by atoms with Crippen LogP contribution < -0.4 is 10.2 Å². The molecule has 0 atom stereocenters. The Labute approximate surface area is 210 Å². The highest BCUT2D eigenvalue weighted by molar-refractivity contribution is 7.89. The molecule has 2 aromatic carbocycles. The van der Waals surface area contributed by atoms with Gasteiger partial charge < -0.3 is 10.2 Å². The Hall–Kier alpha value is -2.42. The van der Waals surface area contributed by atoms with Gasteiger partial charge in [0.15, 0.2) is 0 Å². The number of rotatable bonds is 7. The molecule has 2 heterocycles. The second kappa shape index (κ2) is 11.1. The van der Waals surface area contributed by atoms with Crippen molar-refractivity contribution < 1.29 is 13.2 Å². The minimum Gasteiger partial charge on any atom is -0.369 e. The number of hydrogen-bond donors (Lipinski definition) is 1. The summed E-state index contributed by atoms with van der Waals surface area (Å²) in [4.78, 5) is 17.9. The molecule has 0 spiro atoms. The van der Waals surface area contributed by atoms with Crippen LogP contribution in [0.15, 0.2) is 47.4 Å². The number of amides is 1. The number of nitrogens with zero attached hydrogens (tertiary/aromatic N) is 3. The molecule has 0 saturated carbocycles. The lowest BCUT2D eigenvalue weighted by molar-refractivity contribution is 0.0947. The number of aryl methyl sites for hydroxylation is 1. The summed E-state index contributed by atoms with van der Waals surface area (Å²) in [6.07, 6.45) is 1.74. The van der Waals surface area contributed by atoms with Crippen LogP contribution in [-0.2, 0) is 10.0 Å². The Balaban J connectivity index is 1.34. The molecule has 0 aliphatic carbocycles. The zero-order valence-corrected chi connectivity index (χ0v) is 22.0. The Morgan fingerprint density at radius 1 is 0.971 bits per heavy atom. The molecule has 0 bridgehead atoms. The Bertz CT molecular complexity index is 1120. The van der Waals surface area contributed by atoms with Crippen LogP contribution in [0.5, 0.6) is 0 Å². The number of benzene rings is 2. The van der Waals surface area contributed by atoms with E-state index in [4.69, 9.17) is 0 Å². The standard InChI is InChI=1S/C27H38N4O3S/c1-21-9-12-31(13-10-21)35(33,34)26-20-24(19-22(2)23(26)3)27(32)28-11-14-29-15-17-30(18-16-29)25-7-5-4-6-8-25/h4-8,19-21H,9-18H2,1-3H3,(H,28,32). The minimum absolute atomic E-state index is 0.222. The van der Waals surface area contributed by atoms with Gasteiger partial charge in [0, 0.05) is 63.6 Å². The molecule has 2 aliphatic rings. The van der Waals surface area contributed by atoms with Gasteiger partial charge in [0.2, 0.25) is 10.0 Å². The van der Waals surface area contributed by atoms with E-state index in [2.05, 4.69) is 46.3 Å². The maximum atomic E-state index is 13.4. The fourth-order valence-electron chi connectivity index (χ4n) is 4.89. The number of piperazine rings is 1. The fraction of sp³-hybridized carbons (Fsp3) is 0.519. The van der Waals surface area contributed by atoms with Crippen LogP contribution >= 0.6 is 0 Å². The third-order valence-electron chi connectivity index (χ3n) is 7.45. The van der Waals surface area contributed by atoms with Gasteiger partial charge in [-0.2, -0.15) is 4.31 Å². The quantitative estimate of drug-likeness (QED) is 0.634. The van der Waals surface area contributed by atoms with E-state index in [1.807, 2.05) is 19.9 Å². The van der Waals surface area contributed by atoms with Crippen LogP contribution in [0, 0.1) is 19.8 Å². The summed E-state index contributed by atoms with van der Waals surface area (Å²) in [7, 11) is -3.62. The molecule has 2 saturated heterocycles. The van der Waals surface area contributed by atoms with Crippen molar-refractivity contribution in [3.8, 4) is 0 Å². The van der Waals surface area contributed by atoms with Crippen molar-refractivity contribution in [1.29, 1.82) is 0 Å². The molecule has 8 heteroatoms. The predicted molar refractivity (Wildman–Crippen MR) is 141 cm³/mol. The van der Waals surface area contributed by atoms with Gasteiger partial charge in [-0.1, -0.05) is 25.1 Å². The van der Waals surface area contributed by atoms with Crippen LogP contribution in [0.2, 0.25) is 0 Å². The lowest BCUT2D eigenvalue weighted by Crippen LogP contribution is -2.48. The molecule has 0 unspecified atom stereocenters. The Morgan fingerprint density at radius 3 is 2.29 bits per heavy atom. The molecule has 2 aromatic rings. The van der Waals surface area contributed by atoms with E-state index < -0.39 is 10.0 Å². The summed E-state index contributed by atoms with van der Waals surface area (Å²) in [5.74, 6) is 0.322. The smallest absolute Gasteiger partial charge is 0.251 e. The van der Waals surface area contributed by atoms with Crippen molar-refractivity contribution in [2.75, 3.05) is 57.3 Å². The summed E-state index contributed by atoms with van der Waals surface area (Å²) >= 11 is 0. The summed E-state index contributed by atoms with van der Waals surface area (Å²) in [6, 6.07) is 13.8. The molecule has 1 amide bonds. The molecule has 0 radical (unpaired) electrons. The van der Waals surface area contributed by atoms with Crippen molar-refractivity contribution in [3.63, 3.8) is 0 Å². The molecule has 2 aliphatic heterocycles. The summed E-state index contributed by atoms with van der Waals surface area (Å²) < 4.78 is 28.3. The van der Waals surface area contributed by atoms with Crippen molar-refractivity contribution in [1.82, 2.24) is 14.5 Å². The molecular weight excluding hydrogens is 460 g/mol. The van der Waals surface area contributed by atoms with Gasteiger partial charge in [-0.15, -0.1) is 0 Å². The molecule has 190 valence electrons. The molecular formula is C27H38N4O3S. The first-order chi connectivity index (χ1) is 16.8. The first-order valence-electron chi connectivity index (χ1n) is 12.7. The van der Waals surface area contributed by atoms with Gasteiger partial charge >= 0.3 is 0 Å². The summed E-state index contributed by atoms with van der Waals surface area (Å²) in [5, 5.41) is 3.00. The normalized spacial score (nSPS) is 18.5. The highest BCUT2D eigenvalue weighted by Crippen LogP contribution is 2.28. The third-order valence-corrected chi connectivity index (χ3v) is 9.47. The number of sulfonamides is 1. The van der Waals surface area contributed by atoms with Crippen LogP contribution in [0.25, 0.3) is 0 Å². The zero-order valence-electron chi connectivity index (χ0n) is 21.2. The third kappa shape index (κ3) is 6.05. The summed E-state index contributed by atoms with van der Waals surface area (Å²) in [6.45, 7) is 12.1. The highest BCUT2D eigenvalue weighted by atomic mass is 32.2. The number of hydrogen-bond acceptors (Lipinski definition) is 5. The lowest BCUT2D eigenvalue weighted by atomic mass is 10.0. The van der Waals surface area contributed by atoms with E-state index in [0.29, 0.717) is 31.1 Å². The Kier molecular flexibility index (Phi) is 8.14. The van der Waals surface area contributed by atoms with Gasteiger partial charge in [0.25, 0.3) is 5.91 Å². The van der Waals surface area contributed by atoms with Gasteiger partial charge in [0.05, 0.1) is 4.90 Å². The highest BCUT2D eigenvalue weighted by Gasteiger charge is 2.30. The predicted octanol–water partition coefficient (Wildman–Crippen LogP) is 3.28. The Morgan fingerprint density at radius 2 is 1.63 bits per heavy atom. The number of para-hydroxylation sites is 1. The number of piperidine rings is 1. The van der Waals surface area contributed by atoms with E-state index in [-0.39, 0.29) is 10.8 Å². The number of carbonyl (C=O) groups is 1. The molecule has 7 nitrogen and oxygen atoms in total. The fourth-order valence-corrected chi connectivity index (χ4v) is 6.68. The average molecular weight is 499 g/mol. The molecule has 1 N–H and O–H groups in total. The van der Waals surface area contributed by atoms with E-state index in [9.17, 15) is 13.2 Å². The number of anilines is 1. The minimum atomic E-state index is -3.62. The second-order valence-electron chi connectivity index (χ2n) is 9.92. The molecule has 2 fully saturated rings. The van der Waals surface area contributed by atoms with Crippen molar-refractivity contribution in [3.05, 3.63) is 59.2 Å². The number of nitrogens with one attached hydrogen (secondary N) is 1. The SMILES string of the molecule is Cc1cc(C(=O)NCCN2CCN(c3ccccc3)CC2)cc(S(=O)(=O)N2CCC(C)CC2)c1C. The van der Waals surface area contributed by atoms with E-state index in [0.717, 1.165) is 56.7 Å². The monoisotopic (exact) mass is 498 g/mol. The van der Waals surface area contributed by atoms with Crippen molar-refractivity contribution in [2.45, 2.75) is 38.5 Å². The van der Waals surface area contributed by atoms with Crippen LogP contribution in [0.3, 0.4) is 0 Å². The van der Waals surface area contributed by atoms with Gasteiger partial charge in [-0.05, 0) is 68.0 Å². The maximum absolute atomic E-state index is 13.4. The van der Waals surface area contributed by atoms with E-state index >= 15 is 0 Å². The van der Waals surface area contributed by atoms with Gasteiger partial charge in [-0.25, -0.2) is 8.42 Å².